The molecule has 0 saturated carbocycles. The van der Waals surface area contributed by atoms with Crippen molar-refractivity contribution in [2.45, 2.75) is 26.2 Å². The van der Waals surface area contributed by atoms with Crippen LogP contribution >= 0.6 is 23.2 Å². The number of carbonyl (C=O) groups is 2. The van der Waals surface area contributed by atoms with Crippen LogP contribution in [0.2, 0.25) is 10.0 Å². The van der Waals surface area contributed by atoms with Crippen molar-refractivity contribution in [2.24, 2.45) is 0 Å². The molecular weight excluding hydrogens is 275 g/mol. The number of hydrogen-bond acceptors (Lipinski definition) is 3. The van der Waals surface area contributed by atoms with Crippen LogP contribution in [0.25, 0.3) is 0 Å². The summed E-state index contributed by atoms with van der Waals surface area (Å²) in [5, 5.41) is 0.826. The minimum Gasteiger partial charge on any atom is -0.466 e. The van der Waals surface area contributed by atoms with E-state index in [1.165, 1.54) is 6.07 Å². The number of benzene rings is 1. The van der Waals surface area contributed by atoms with E-state index in [1.54, 1.807) is 19.1 Å². The molecule has 0 heterocycles. The summed E-state index contributed by atoms with van der Waals surface area (Å²) in [5.74, 6) is -0.381. The van der Waals surface area contributed by atoms with Crippen LogP contribution in [0.3, 0.4) is 0 Å². The Morgan fingerprint density at radius 2 is 1.94 bits per heavy atom. The summed E-state index contributed by atoms with van der Waals surface area (Å²) in [7, 11) is 0. The first-order valence-electron chi connectivity index (χ1n) is 5.68. The second kappa shape index (κ2) is 7.39. The van der Waals surface area contributed by atoms with Crippen molar-refractivity contribution in [3.8, 4) is 0 Å². The van der Waals surface area contributed by atoms with Crippen LogP contribution in [0, 0.1) is 0 Å². The minimum atomic E-state index is -0.285. The van der Waals surface area contributed by atoms with Crippen molar-refractivity contribution in [1.82, 2.24) is 0 Å². The molecule has 0 aromatic heterocycles. The zero-order valence-corrected chi connectivity index (χ0v) is 11.6. The van der Waals surface area contributed by atoms with Gasteiger partial charge in [-0.15, -0.1) is 0 Å². The Hall–Kier alpha value is -1.06. The van der Waals surface area contributed by atoms with E-state index in [0.717, 1.165) is 0 Å². The standard InChI is InChI=1S/C13H14Cl2O3/c1-2-18-13(17)5-3-4-12(16)10-7-6-9(14)8-11(10)15/h6-8H,2-5H2,1H3. The molecular formula is C13H14Cl2O3. The van der Waals surface area contributed by atoms with Gasteiger partial charge in [-0.2, -0.15) is 0 Å². The van der Waals surface area contributed by atoms with E-state index in [1.807, 2.05) is 0 Å². The third-order valence-electron chi connectivity index (χ3n) is 2.32. The van der Waals surface area contributed by atoms with Crippen molar-refractivity contribution in [2.75, 3.05) is 6.61 Å². The summed E-state index contributed by atoms with van der Waals surface area (Å²) in [6.07, 6.45) is 0.960. The van der Waals surface area contributed by atoms with Crippen LogP contribution in [0.4, 0.5) is 0 Å². The Morgan fingerprint density at radius 1 is 1.22 bits per heavy atom. The fourth-order valence-corrected chi connectivity index (χ4v) is 1.99. The number of rotatable bonds is 6. The number of hydrogen-bond donors (Lipinski definition) is 0. The first kappa shape index (κ1) is 15.0. The van der Waals surface area contributed by atoms with E-state index >= 15 is 0 Å². The van der Waals surface area contributed by atoms with Gasteiger partial charge in [-0.1, -0.05) is 23.2 Å². The lowest BCUT2D eigenvalue weighted by Crippen LogP contribution is -2.06. The molecule has 0 spiro atoms. The van der Waals surface area contributed by atoms with Gasteiger partial charge in [-0.05, 0) is 31.5 Å². The summed E-state index contributed by atoms with van der Waals surface area (Å²) < 4.78 is 4.78. The lowest BCUT2D eigenvalue weighted by molar-refractivity contribution is -0.143. The maximum atomic E-state index is 11.8. The normalized spacial score (nSPS) is 10.2. The molecule has 5 heteroatoms. The Morgan fingerprint density at radius 3 is 2.56 bits per heavy atom. The maximum absolute atomic E-state index is 11.8. The van der Waals surface area contributed by atoms with Gasteiger partial charge in [0.2, 0.25) is 0 Å². The third kappa shape index (κ3) is 4.67. The van der Waals surface area contributed by atoms with Gasteiger partial charge in [0, 0.05) is 23.4 Å². The Bertz CT molecular complexity index is 444. The van der Waals surface area contributed by atoms with E-state index in [0.29, 0.717) is 28.6 Å². The molecule has 0 fully saturated rings. The molecule has 0 atom stereocenters. The molecule has 0 unspecified atom stereocenters. The van der Waals surface area contributed by atoms with Gasteiger partial charge in [0.15, 0.2) is 5.78 Å². The highest BCUT2D eigenvalue weighted by atomic mass is 35.5. The predicted octanol–water partition coefficient (Wildman–Crippen LogP) is 3.91. The zero-order chi connectivity index (χ0) is 13.5. The Balaban J connectivity index is 2.48. The van der Waals surface area contributed by atoms with Crippen LogP contribution in [0.5, 0.6) is 0 Å². The molecule has 0 saturated heterocycles. The van der Waals surface area contributed by atoms with Gasteiger partial charge >= 0.3 is 5.97 Å². The summed E-state index contributed by atoms with van der Waals surface area (Å²) in [6, 6.07) is 4.74. The number of halogens is 2. The van der Waals surface area contributed by atoms with Gasteiger partial charge in [0.05, 0.1) is 11.6 Å². The highest BCUT2D eigenvalue weighted by molar-refractivity contribution is 6.36. The van der Waals surface area contributed by atoms with Gasteiger partial charge in [-0.3, -0.25) is 9.59 Å². The van der Waals surface area contributed by atoms with E-state index in [9.17, 15) is 9.59 Å². The molecule has 3 nitrogen and oxygen atoms in total. The van der Waals surface area contributed by atoms with E-state index in [4.69, 9.17) is 27.9 Å². The number of ketones is 1. The molecule has 1 aromatic rings. The second-order valence-electron chi connectivity index (χ2n) is 3.71. The average molecular weight is 289 g/mol. The van der Waals surface area contributed by atoms with Gasteiger partial charge in [-0.25, -0.2) is 0 Å². The topological polar surface area (TPSA) is 43.4 Å². The highest BCUT2D eigenvalue weighted by Crippen LogP contribution is 2.22. The first-order valence-corrected chi connectivity index (χ1v) is 6.44. The van der Waals surface area contributed by atoms with Gasteiger partial charge in [0.1, 0.15) is 0 Å². The monoisotopic (exact) mass is 288 g/mol. The smallest absolute Gasteiger partial charge is 0.305 e. The van der Waals surface area contributed by atoms with Gasteiger partial charge < -0.3 is 4.74 Å². The van der Waals surface area contributed by atoms with Crippen molar-refractivity contribution in [3.63, 3.8) is 0 Å². The quantitative estimate of drug-likeness (QED) is 0.589. The molecule has 18 heavy (non-hydrogen) atoms. The molecule has 0 N–H and O–H groups in total. The SMILES string of the molecule is CCOC(=O)CCCC(=O)c1ccc(Cl)cc1Cl. The van der Waals surface area contributed by atoms with Gasteiger partial charge in [0.25, 0.3) is 0 Å². The molecule has 0 amide bonds. The van der Waals surface area contributed by atoms with Crippen LogP contribution in [-0.2, 0) is 9.53 Å². The Kier molecular flexibility index (Phi) is 6.16. The maximum Gasteiger partial charge on any atom is 0.305 e. The number of Topliss-reactive ketones (excluding diaryl/α,β-unsaturated/α-hetero) is 1. The fourth-order valence-electron chi connectivity index (χ4n) is 1.48. The third-order valence-corrected chi connectivity index (χ3v) is 2.87. The minimum absolute atomic E-state index is 0.0963. The zero-order valence-electron chi connectivity index (χ0n) is 10.0. The summed E-state index contributed by atoms with van der Waals surface area (Å²) >= 11 is 11.7. The summed E-state index contributed by atoms with van der Waals surface area (Å²) in [4.78, 5) is 22.9. The molecule has 0 aliphatic carbocycles. The van der Waals surface area contributed by atoms with Crippen LogP contribution in [-0.4, -0.2) is 18.4 Å². The van der Waals surface area contributed by atoms with Crippen LogP contribution in [0.1, 0.15) is 36.5 Å². The summed E-state index contributed by atoms with van der Waals surface area (Å²) in [5.41, 5.74) is 0.435. The van der Waals surface area contributed by atoms with Crippen molar-refractivity contribution in [1.29, 1.82) is 0 Å². The summed E-state index contributed by atoms with van der Waals surface area (Å²) in [6.45, 7) is 2.10. The van der Waals surface area contributed by atoms with Crippen LogP contribution < -0.4 is 0 Å². The van der Waals surface area contributed by atoms with Crippen molar-refractivity contribution >= 4 is 35.0 Å². The van der Waals surface area contributed by atoms with E-state index < -0.39 is 0 Å². The molecule has 1 rings (SSSR count). The molecule has 0 bridgehead atoms. The second-order valence-corrected chi connectivity index (χ2v) is 4.55. The largest absolute Gasteiger partial charge is 0.466 e. The molecule has 1 aromatic carbocycles. The highest BCUT2D eigenvalue weighted by Gasteiger charge is 2.11. The lowest BCUT2D eigenvalue weighted by Gasteiger charge is -2.04. The molecule has 0 aliphatic heterocycles. The molecule has 98 valence electrons. The number of carbonyl (C=O) groups excluding carboxylic acids is 2. The Labute approximate surface area is 116 Å². The molecule has 0 radical (unpaired) electrons. The number of ether oxygens (including phenoxy) is 1. The predicted molar refractivity (Wildman–Crippen MR) is 71.3 cm³/mol. The molecule has 0 aliphatic rings. The lowest BCUT2D eigenvalue weighted by atomic mass is 10.1. The average Bonchev–Trinajstić information content (AvgIpc) is 2.29. The number of esters is 1. The van der Waals surface area contributed by atoms with Crippen molar-refractivity contribution in [3.05, 3.63) is 33.8 Å². The fraction of sp³-hybridized carbons (Fsp3) is 0.385. The van der Waals surface area contributed by atoms with Crippen molar-refractivity contribution < 1.29 is 14.3 Å². The van der Waals surface area contributed by atoms with E-state index in [-0.39, 0.29) is 24.6 Å². The van der Waals surface area contributed by atoms with Crippen LogP contribution in [0.15, 0.2) is 18.2 Å². The first-order chi connectivity index (χ1) is 8.54. The van der Waals surface area contributed by atoms with E-state index in [2.05, 4.69) is 0 Å².